The van der Waals surface area contributed by atoms with E-state index in [1.165, 1.54) is 23.6 Å². The standard InChI is InChI=1S/C24H25N3O3S/c1-5-12-27-23(30)21(14-22(29)26-20-11-6-15(2)13-16(20)3)31-24(27)25-19-9-7-18(8-10-19)17(4)28/h5-11,13,21H,1,12,14H2,2-4H3,(H,26,29)/t21-/m0/s1. The second-order valence-corrected chi connectivity index (χ2v) is 8.58. The molecular weight excluding hydrogens is 410 g/mol. The van der Waals surface area contributed by atoms with Gasteiger partial charge in [-0.15, -0.1) is 6.58 Å². The Hall–Kier alpha value is -3.19. The molecule has 1 aliphatic rings. The van der Waals surface area contributed by atoms with Gasteiger partial charge in [-0.3, -0.25) is 19.3 Å². The molecule has 0 bridgehead atoms. The summed E-state index contributed by atoms with van der Waals surface area (Å²) in [6.07, 6.45) is 1.68. The Balaban J connectivity index is 1.74. The van der Waals surface area contributed by atoms with Crippen LogP contribution < -0.4 is 5.32 Å². The third kappa shape index (κ3) is 5.49. The van der Waals surface area contributed by atoms with Crippen molar-refractivity contribution in [2.24, 2.45) is 4.99 Å². The number of amides is 2. The highest BCUT2D eigenvalue weighted by molar-refractivity contribution is 8.15. The van der Waals surface area contributed by atoms with Crippen LogP contribution in [0, 0.1) is 13.8 Å². The van der Waals surface area contributed by atoms with Gasteiger partial charge in [0.2, 0.25) is 11.8 Å². The monoisotopic (exact) mass is 435 g/mol. The number of hydrogen-bond acceptors (Lipinski definition) is 5. The van der Waals surface area contributed by atoms with Crippen molar-refractivity contribution in [1.82, 2.24) is 4.90 Å². The Morgan fingerprint density at radius 1 is 1.19 bits per heavy atom. The van der Waals surface area contributed by atoms with E-state index in [-0.39, 0.29) is 24.0 Å². The maximum Gasteiger partial charge on any atom is 0.242 e. The first kappa shape index (κ1) is 22.5. The molecule has 1 saturated heterocycles. The highest BCUT2D eigenvalue weighted by Gasteiger charge is 2.38. The number of carbonyl (C=O) groups is 3. The quantitative estimate of drug-likeness (QED) is 0.507. The molecule has 1 aliphatic heterocycles. The van der Waals surface area contributed by atoms with Gasteiger partial charge in [-0.05, 0) is 56.7 Å². The zero-order valence-electron chi connectivity index (χ0n) is 17.8. The fraction of sp³-hybridized carbons (Fsp3) is 0.250. The van der Waals surface area contributed by atoms with Crippen LogP contribution in [0.4, 0.5) is 11.4 Å². The number of aliphatic imine (C=N–C) groups is 1. The highest BCUT2D eigenvalue weighted by atomic mass is 32.2. The van der Waals surface area contributed by atoms with Crippen LogP contribution >= 0.6 is 11.8 Å². The normalized spacial score (nSPS) is 17.1. The third-order valence-corrected chi connectivity index (χ3v) is 6.03. The van der Waals surface area contributed by atoms with Crippen LogP contribution in [0.25, 0.3) is 0 Å². The van der Waals surface area contributed by atoms with Gasteiger partial charge in [0.25, 0.3) is 0 Å². The second kappa shape index (κ2) is 9.75. The number of ketones is 1. The van der Waals surface area contributed by atoms with Crippen molar-refractivity contribution in [3.05, 3.63) is 71.8 Å². The summed E-state index contributed by atoms with van der Waals surface area (Å²) in [5.41, 5.74) is 4.07. The van der Waals surface area contributed by atoms with E-state index in [1.807, 2.05) is 32.0 Å². The van der Waals surface area contributed by atoms with E-state index in [0.29, 0.717) is 23.0 Å². The molecule has 1 atom stereocenters. The zero-order chi connectivity index (χ0) is 22.5. The van der Waals surface area contributed by atoms with Crippen LogP contribution in [0.3, 0.4) is 0 Å². The number of hydrogen-bond donors (Lipinski definition) is 1. The number of anilines is 1. The van der Waals surface area contributed by atoms with E-state index >= 15 is 0 Å². The van der Waals surface area contributed by atoms with Crippen molar-refractivity contribution in [3.63, 3.8) is 0 Å². The first-order valence-corrected chi connectivity index (χ1v) is 10.8. The second-order valence-electron chi connectivity index (χ2n) is 7.41. The number of Topliss-reactive ketones (excluding diaryl/α,β-unsaturated/α-hetero) is 1. The lowest BCUT2D eigenvalue weighted by molar-refractivity contribution is -0.127. The van der Waals surface area contributed by atoms with Crippen LogP contribution in [0.2, 0.25) is 0 Å². The number of nitrogens with zero attached hydrogens (tertiary/aromatic N) is 2. The van der Waals surface area contributed by atoms with Gasteiger partial charge in [0, 0.05) is 24.2 Å². The van der Waals surface area contributed by atoms with Crippen LogP contribution in [-0.4, -0.2) is 39.5 Å². The molecule has 2 aromatic rings. The first-order valence-electron chi connectivity index (χ1n) is 9.94. The maximum atomic E-state index is 12.9. The highest BCUT2D eigenvalue weighted by Crippen LogP contribution is 2.32. The van der Waals surface area contributed by atoms with Gasteiger partial charge in [0.05, 0.1) is 5.69 Å². The van der Waals surface area contributed by atoms with Gasteiger partial charge in [-0.25, -0.2) is 4.99 Å². The summed E-state index contributed by atoms with van der Waals surface area (Å²) in [5.74, 6) is -0.406. The molecule has 31 heavy (non-hydrogen) atoms. The van der Waals surface area contributed by atoms with Crippen LogP contribution in [-0.2, 0) is 9.59 Å². The molecule has 3 rings (SSSR count). The molecule has 1 fully saturated rings. The van der Waals surface area contributed by atoms with Gasteiger partial charge in [0.15, 0.2) is 11.0 Å². The number of thioether (sulfide) groups is 1. The molecule has 0 unspecified atom stereocenters. The Bertz CT molecular complexity index is 1060. The molecule has 1 N–H and O–H groups in total. The smallest absolute Gasteiger partial charge is 0.242 e. The summed E-state index contributed by atoms with van der Waals surface area (Å²) in [5, 5.41) is 2.86. The molecule has 0 aliphatic carbocycles. The molecule has 1 heterocycles. The molecule has 0 spiro atoms. The summed E-state index contributed by atoms with van der Waals surface area (Å²) < 4.78 is 0. The van der Waals surface area contributed by atoms with Crippen molar-refractivity contribution in [2.45, 2.75) is 32.4 Å². The number of rotatable bonds is 7. The van der Waals surface area contributed by atoms with Crippen molar-refractivity contribution >= 4 is 45.9 Å². The van der Waals surface area contributed by atoms with Crippen molar-refractivity contribution in [3.8, 4) is 0 Å². The predicted octanol–water partition coefficient (Wildman–Crippen LogP) is 4.65. The Morgan fingerprint density at radius 2 is 1.90 bits per heavy atom. The van der Waals surface area contributed by atoms with E-state index in [1.54, 1.807) is 30.3 Å². The number of aryl methyl sites for hydroxylation is 2. The van der Waals surface area contributed by atoms with Gasteiger partial charge in [-0.1, -0.05) is 35.5 Å². The zero-order valence-corrected chi connectivity index (χ0v) is 18.7. The molecular formula is C24H25N3O3S. The van der Waals surface area contributed by atoms with Crippen molar-refractivity contribution < 1.29 is 14.4 Å². The molecule has 7 heteroatoms. The fourth-order valence-corrected chi connectivity index (χ4v) is 4.39. The van der Waals surface area contributed by atoms with Crippen LogP contribution in [0.1, 0.15) is 34.8 Å². The minimum atomic E-state index is -0.555. The number of amidine groups is 1. The summed E-state index contributed by atoms with van der Waals surface area (Å²) in [6.45, 7) is 9.46. The van der Waals surface area contributed by atoms with Gasteiger partial charge < -0.3 is 5.32 Å². The van der Waals surface area contributed by atoms with Crippen molar-refractivity contribution in [1.29, 1.82) is 0 Å². The predicted molar refractivity (Wildman–Crippen MR) is 126 cm³/mol. The molecule has 0 aromatic heterocycles. The average Bonchev–Trinajstić information content (AvgIpc) is 2.99. The van der Waals surface area contributed by atoms with E-state index < -0.39 is 5.25 Å². The number of carbonyl (C=O) groups excluding carboxylic acids is 3. The average molecular weight is 436 g/mol. The summed E-state index contributed by atoms with van der Waals surface area (Å²) in [7, 11) is 0. The minimum absolute atomic E-state index is 0.0206. The lowest BCUT2D eigenvalue weighted by atomic mass is 10.1. The summed E-state index contributed by atoms with van der Waals surface area (Å²) in [4.78, 5) is 43.0. The summed E-state index contributed by atoms with van der Waals surface area (Å²) >= 11 is 1.27. The van der Waals surface area contributed by atoms with Gasteiger partial charge in [-0.2, -0.15) is 0 Å². The molecule has 6 nitrogen and oxygen atoms in total. The fourth-order valence-electron chi connectivity index (χ4n) is 3.23. The van der Waals surface area contributed by atoms with E-state index in [0.717, 1.165) is 16.8 Å². The lowest BCUT2D eigenvalue weighted by Crippen LogP contribution is -2.33. The topological polar surface area (TPSA) is 78.8 Å². The molecule has 0 radical (unpaired) electrons. The lowest BCUT2D eigenvalue weighted by Gasteiger charge is -2.14. The van der Waals surface area contributed by atoms with Crippen LogP contribution in [0.15, 0.2) is 60.1 Å². The summed E-state index contributed by atoms with van der Waals surface area (Å²) in [6, 6.07) is 12.7. The first-order chi connectivity index (χ1) is 14.8. The number of nitrogens with one attached hydrogen (secondary N) is 1. The van der Waals surface area contributed by atoms with Crippen molar-refractivity contribution in [2.75, 3.05) is 11.9 Å². The van der Waals surface area contributed by atoms with E-state index in [2.05, 4.69) is 16.9 Å². The maximum absolute atomic E-state index is 12.9. The third-order valence-electron chi connectivity index (χ3n) is 4.86. The molecule has 160 valence electrons. The largest absolute Gasteiger partial charge is 0.326 e. The van der Waals surface area contributed by atoms with Crippen LogP contribution in [0.5, 0.6) is 0 Å². The van der Waals surface area contributed by atoms with Gasteiger partial charge >= 0.3 is 0 Å². The minimum Gasteiger partial charge on any atom is -0.326 e. The Morgan fingerprint density at radius 3 is 2.52 bits per heavy atom. The van der Waals surface area contributed by atoms with E-state index in [9.17, 15) is 14.4 Å². The van der Waals surface area contributed by atoms with Gasteiger partial charge in [0.1, 0.15) is 5.25 Å². The van der Waals surface area contributed by atoms with E-state index in [4.69, 9.17) is 0 Å². The Labute approximate surface area is 186 Å². The Kier molecular flexibility index (Phi) is 7.07. The SMILES string of the molecule is C=CCN1C(=O)[C@H](CC(=O)Nc2ccc(C)cc2C)SC1=Nc1ccc(C(C)=O)cc1. The molecule has 0 saturated carbocycles. The molecule has 2 amide bonds. The number of benzene rings is 2. The molecule has 2 aromatic carbocycles.